The number of halogens is 1. The normalized spacial score (nSPS) is 23.4. The van der Waals surface area contributed by atoms with Crippen LogP contribution >= 0.6 is 11.6 Å². The third-order valence-electron chi connectivity index (χ3n) is 0.757. The minimum Gasteiger partial charge on any atom is -0.218 e. The zero-order valence-corrected chi connectivity index (χ0v) is 5.41. The summed E-state index contributed by atoms with van der Waals surface area (Å²) < 4.78 is 20.8. The second kappa shape index (κ2) is 1.60. The molecule has 0 aromatic carbocycles. The molecule has 1 aliphatic rings. The first-order chi connectivity index (χ1) is 3.63. The van der Waals surface area contributed by atoms with Crippen LogP contribution in [0.4, 0.5) is 0 Å². The van der Waals surface area contributed by atoms with Gasteiger partial charge in [-0.05, 0) is 12.2 Å². The van der Waals surface area contributed by atoms with Crippen LogP contribution in [0.5, 0.6) is 0 Å². The SMILES string of the molecule is O=S1(=O)C=CC=C1Cl. The Hall–Kier alpha value is -0.280. The van der Waals surface area contributed by atoms with Gasteiger partial charge in [0.2, 0.25) is 9.84 Å². The van der Waals surface area contributed by atoms with Crippen molar-refractivity contribution in [3.63, 3.8) is 0 Å². The van der Waals surface area contributed by atoms with E-state index in [0.717, 1.165) is 5.41 Å². The van der Waals surface area contributed by atoms with E-state index in [1.807, 2.05) is 0 Å². The fourth-order valence-electron chi connectivity index (χ4n) is 0.378. The molecule has 0 aliphatic carbocycles. The van der Waals surface area contributed by atoms with Crippen molar-refractivity contribution in [1.82, 2.24) is 0 Å². The van der Waals surface area contributed by atoms with E-state index in [2.05, 4.69) is 0 Å². The van der Waals surface area contributed by atoms with E-state index in [4.69, 9.17) is 11.6 Å². The average Bonchev–Trinajstić information content (AvgIpc) is 1.86. The van der Waals surface area contributed by atoms with Gasteiger partial charge in [-0.25, -0.2) is 8.42 Å². The first-order valence-electron chi connectivity index (χ1n) is 1.92. The van der Waals surface area contributed by atoms with E-state index in [1.165, 1.54) is 12.2 Å². The highest BCUT2D eigenvalue weighted by atomic mass is 35.5. The number of sulfone groups is 1. The van der Waals surface area contributed by atoms with Crippen molar-refractivity contribution in [3.8, 4) is 0 Å². The number of hydrogen-bond donors (Lipinski definition) is 0. The summed E-state index contributed by atoms with van der Waals surface area (Å²) in [7, 11) is -3.18. The van der Waals surface area contributed by atoms with Crippen LogP contribution in [-0.2, 0) is 9.84 Å². The Morgan fingerprint density at radius 1 is 1.50 bits per heavy atom. The van der Waals surface area contributed by atoms with Gasteiger partial charge in [-0.2, -0.15) is 0 Å². The highest BCUT2D eigenvalue weighted by Gasteiger charge is 2.13. The van der Waals surface area contributed by atoms with Crippen molar-refractivity contribution in [2.75, 3.05) is 0 Å². The summed E-state index contributed by atoms with van der Waals surface area (Å²) in [6, 6.07) is 0. The van der Waals surface area contributed by atoms with E-state index in [-0.39, 0.29) is 4.36 Å². The number of hydrogen-bond acceptors (Lipinski definition) is 2. The van der Waals surface area contributed by atoms with Gasteiger partial charge in [0.05, 0.1) is 0 Å². The van der Waals surface area contributed by atoms with E-state index >= 15 is 0 Å². The van der Waals surface area contributed by atoms with Gasteiger partial charge in [0.15, 0.2) is 0 Å². The molecule has 0 unspecified atom stereocenters. The lowest BCUT2D eigenvalue weighted by molar-refractivity contribution is 0.612. The van der Waals surface area contributed by atoms with Gasteiger partial charge in [-0.1, -0.05) is 11.6 Å². The van der Waals surface area contributed by atoms with Gasteiger partial charge in [-0.3, -0.25) is 0 Å². The molecule has 0 saturated heterocycles. The first kappa shape index (κ1) is 5.85. The molecule has 0 amide bonds. The van der Waals surface area contributed by atoms with Gasteiger partial charge >= 0.3 is 0 Å². The second-order valence-corrected chi connectivity index (χ2v) is 3.78. The fraction of sp³-hybridized carbons (Fsp3) is 0. The molecule has 0 fully saturated rings. The van der Waals surface area contributed by atoms with Crippen LogP contribution in [0.3, 0.4) is 0 Å². The van der Waals surface area contributed by atoms with Gasteiger partial charge in [0.1, 0.15) is 4.36 Å². The van der Waals surface area contributed by atoms with Crippen LogP contribution in [0, 0.1) is 0 Å². The summed E-state index contributed by atoms with van der Waals surface area (Å²) in [5.41, 5.74) is 0. The highest BCUT2D eigenvalue weighted by Crippen LogP contribution is 2.18. The average molecular weight is 151 g/mol. The third-order valence-corrected chi connectivity index (χ3v) is 2.72. The van der Waals surface area contributed by atoms with Crippen molar-refractivity contribution in [3.05, 3.63) is 21.9 Å². The zero-order chi connectivity index (χ0) is 6.20. The predicted molar refractivity (Wildman–Crippen MR) is 32.0 cm³/mol. The van der Waals surface area contributed by atoms with Crippen LogP contribution in [-0.4, -0.2) is 8.42 Å². The van der Waals surface area contributed by atoms with Gasteiger partial charge in [0.25, 0.3) is 0 Å². The molecule has 8 heavy (non-hydrogen) atoms. The van der Waals surface area contributed by atoms with Crippen molar-refractivity contribution >= 4 is 21.4 Å². The molecule has 1 rings (SSSR count). The summed E-state index contributed by atoms with van der Waals surface area (Å²) in [5.74, 6) is 0. The van der Waals surface area contributed by atoms with Gasteiger partial charge in [0, 0.05) is 5.41 Å². The quantitative estimate of drug-likeness (QED) is 0.517. The van der Waals surface area contributed by atoms with Gasteiger partial charge in [-0.15, -0.1) is 0 Å². The van der Waals surface area contributed by atoms with E-state index in [0.29, 0.717) is 0 Å². The molecule has 0 bridgehead atoms. The largest absolute Gasteiger partial charge is 0.218 e. The minimum absolute atomic E-state index is 0.0995. The molecular weight excluding hydrogens is 148 g/mol. The van der Waals surface area contributed by atoms with E-state index in [9.17, 15) is 8.42 Å². The molecule has 4 heteroatoms. The highest BCUT2D eigenvalue weighted by molar-refractivity contribution is 7.99. The van der Waals surface area contributed by atoms with Crippen LogP contribution in [0.1, 0.15) is 0 Å². The van der Waals surface area contributed by atoms with E-state index < -0.39 is 9.84 Å². The molecule has 0 saturated carbocycles. The summed E-state index contributed by atoms with van der Waals surface area (Å²) in [6.45, 7) is 0. The molecule has 0 atom stereocenters. The Kier molecular flexibility index (Phi) is 1.17. The zero-order valence-electron chi connectivity index (χ0n) is 3.83. The smallest absolute Gasteiger partial charge is 0.210 e. The molecule has 0 aromatic heterocycles. The second-order valence-electron chi connectivity index (χ2n) is 1.34. The number of rotatable bonds is 0. The van der Waals surface area contributed by atoms with Crippen LogP contribution in [0.25, 0.3) is 0 Å². The van der Waals surface area contributed by atoms with E-state index in [1.54, 1.807) is 0 Å². The lowest BCUT2D eigenvalue weighted by Gasteiger charge is -1.83. The Balaban J connectivity index is 3.26. The van der Waals surface area contributed by atoms with Crippen LogP contribution < -0.4 is 0 Å². The fourth-order valence-corrected chi connectivity index (χ4v) is 1.29. The summed E-state index contributed by atoms with van der Waals surface area (Å²) in [4.78, 5) is 0. The maximum atomic E-state index is 10.5. The van der Waals surface area contributed by atoms with Crippen LogP contribution in [0.2, 0.25) is 0 Å². The molecular formula is C4H3ClO2S. The van der Waals surface area contributed by atoms with Crippen molar-refractivity contribution in [2.45, 2.75) is 0 Å². The monoisotopic (exact) mass is 150 g/mol. The summed E-state index contributed by atoms with van der Waals surface area (Å²) >= 11 is 5.21. The Labute approximate surface area is 52.4 Å². The third kappa shape index (κ3) is 0.788. The maximum Gasteiger partial charge on any atom is 0.210 e. The van der Waals surface area contributed by atoms with Crippen molar-refractivity contribution < 1.29 is 8.42 Å². The maximum absolute atomic E-state index is 10.5. The predicted octanol–water partition coefficient (Wildman–Crippen LogP) is 1.01. The topological polar surface area (TPSA) is 34.1 Å². The summed E-state index contributed by atoms with van der Waals surface area (Å²) in [5, 5.41) is 1.06. The first-order valence-corrected chi connectivity index (χ1v) is 3.84. The lowest BCUT2D eigenvalue weighted by atomic mass is 10.6. The molecule has 0 spiro atoms. The minimum atomic E-state index is -3.18. The van der Waals surface area contributed by atoms with Crippen LogP contribution in [0.15, 0.2) is 21.9 Å². The Morgan fingerprint density at radius 2 is 2.12 bits per heavy atom. The number of allylic oxidation sites excluding steroid dienone is 2. The van der Waals surface area contributed by atoms with Crippen molar-refractivity contribution in [2.24, 2.45) is 0 Å². The van der Waals surface area contributed by atoms with Crippen molar-refractivity contribution in [1.29, 1.82) is 0 Å². The molecule has 1 aliphatic heterocycles. The Bertz CT molecular complexity index is 247. The molecule has 1 heterocycles. The Morgan fingerprint density at radius 3 is 2.25 bits per heavy atom. The molecule has 44 valence electrons. The summed E-state index contributed by atoms with van der Waals surface area (Å²) in [6.07, 6.45) is 2.74. The molecule has 0 radical (unpaired) electrons. The molecule has 0 aromatic rings. The molecule has 0 N–H and O–H groups in total. The lowest BCUT2D eigenvalue weighted by Crippen LogP contribution is -1.87. The standard InChI is InChI=1S/C4H3ClO2S/c5-4-2-1-3-8(4,6)7/h1-3H. The molecule has 2 nitrogen and oxygen atoms in total. The van der Waals surface area contributed by atoms with Gasteiger partial charge < -0.3 is 0 Å².